The molecule has 6 nitrogen and oxygen atoms in total. The van der Waals surface area contributed by atoms with Crippen molar-refractivity contribution in [2.45, 2.75) is 25.2 Å². The molecule has 0 saturated heterocycles. The molecule has 0 spiro atoms. The summed E-state index contributed by atoms with van der Waals surface area (Å²) in [5, 5.41) is 0. The van der Waals surface area contributed by atoms with Crippen LogP contribution in [0.4, 0.5) is 5.69 Å². The predicted octanol–water partition coefficient (Wildman–Crippen LogP) is 1.63. The van der Waals surface area contributed by atoms with Gasteiger partial charge in [0.05, 0.1) is 27.1 Å². The molecule has 0 radical (unpaired) electrons. The zero-order valence-electron chi connectivity index (χ0n) is 12.7. The Balaban J connectivity index is 2.12. The molecule has 22 heavy (non-hydrogen) atoms. The Bertz CT molecular complexity index is 584. The molecular formula is C16H19NO5. The number of nitrogens with zero attached hydrogens (tertiary/aromatic N) is 1. The topological polar surface area (TPSA) is 72.9 Å². The third-order valence-electron chi connectivity index (χ3n) is 3.78. The molecule has 0 bridgehead atoms. The Labute approximate surface area is 129 Å². The SMILES string of the molecule is COC(=O)CCC(=O)N1CC(CC(=O)OC)c2ccccc21. The fourth-order valence-corrected chi connectivity index (χ4v) is 2.64. The van der Waals surface area contributed by atoms with Crippen molar-refractivity contribution in [3.63, 3.8) is 0 Å². The van der Waals surface area contributed by atoms with E-state index in [0.29, 0.717) is 6.54 Å². The van der Waals surface area contributed by atoms with Crippen LogP contribution in [0.5, 0.6) is 0 Å². The Morgan fingerprint density at radius 2 is 1.77 bits per heavy atom. The van der Waals surface area contributed by atoms with E-state index in [1.165, 1.54) is 14.2 Å². The lowest BCUT2D eigenvalue weighted by Gasteiger charge is -2.17. The molecule has 6 heteroatoms. The summed E-state index contributed by atoms with van der Waals surface area (Å²) in [6.45, 7) is 0.425. The number of carbonyl (C=O) groups is 3. The third-order valence-corrected chi connectivity index (χ3v) is 3.78. The number of carbonyl (C=O) groups excluding carboxylic acids is 3. The van der Waals surface area contributed by atoms with E-state index in [1.54, 1.807) is 4.90 Å². The molecule has 1 aliphatic heterocycles. The maximum atomic E-state index is 12.3. The van der Waals surface area contributed by atoms with Crippen LogP contribution >= 0.6 is 0 Å². The zero-order chi connectivity index (χ0) is 16.1. The molecule has 1 aromatic rings. The van der Waals surface area contributed by atoms with E-state index in [9.17, 15) is 14.4 Å². The van der Waals surface area contributed by atoms with Crippen LogP contribution in [0.1, 0.15) is 30.7 Å². The fraction of sp³-hybridized carbons (Fsp3) is 0.438. The van der Waals surface area contributed by atoms with E-state index in [2.05, 4.69) is 4.74 Å². The Hall–Kier alpha value is -2.37. The highest BCUT2D eigenvalue weighted by Gasteiger charge is 2.33. The number of amides is 1. The van der Waals surface area contributed by atoms with Crippen molar-refractivity contribution in [1.29, 1.82) is 0 Å². The number of rotatable bonds is 5. The second-order valence-electron chi connectivity index (χ2n) is 5.12. The average Bonchev–Trinajstić information content (AvgIpc) is 2.91. The van der Waals surface area contributed by atoms with Gasteiger partial charge in [-0.25, -0.2) is 0 Å². The second-order valence-corrected chi connectivity index (χ2v) is 5.12. The molecule has 0 fully saturated rings. The molecule has 1 unspecified atom stereocenters. The van der Waals surface area contributed by atoms with Crippen molar-refractivity contribution in [2.24, 2.45) is 0 Å². The molecule has 118 valence electrons. The Morgan fingerprint density at radius 1 is 1.09 bits per heavy atom. The van der Waals surface area contributed by atoms with Crippen molar-refractivity contribution in [1.82, 2.24) is 0 Å². The first-order valence-corrected chi connectivity index (χ1v) is 7.09. The first kappa shape index (κ1) is 16.0. The lowest BCUT2D eigenvalue weighted by molar-refractivity contribution is -0.142. The summed E-state index contributed by atoms with van der Waals surface area (Å²) in [5.41, 5.74) is 1.76. The van der Waals surface area contributed by atoms with Crippen LogP contribution < -0.4 is 4.90 Å². The first-order chi connectivity index (χ1) is 10.6. The maximum absolute atomic E-state index is 12.3. The van der Waals surface area contributed by atoms with Crippen LogP contribution in [0.3, 0.4) is 0 Å². The predicted molar refractivity (Wildman–Crippen MR) is 79.4 cm³/mol. The third kappa shape index (κ3) is 3.44. The van der Waals surface area contributed by atoms with Crippen molar-refractivity contribution < 1.29 is 23.9 Å². The van der Waals surface area contributed by atoms with Gasteiger partial charge < -0.3 is 14.4 Å². The first-order valence-electron chi connectivity index (χ1n) is 7.09. The lowest BCUT2D eigenvalue weighted by atomic mass is 9.98. The van der Waals surface area contributed by atoms with Gasteiger partial charge in [-0.2, -0.15) is 0 Å². The van der Waals surface area contributed by atoms with E-state index in [4.69, 9.17) is 4.74 Å². The molecule has 0 saturated carbocycles. The summed E-state index contributed by atoms with van der Waals surface area (Å²) in [4.78, 5) is 36.7. The standard InChI is InChI=1S/C16H19NO5/c1-21-15(19)8-7-14(18)17-10-11(9-16(20)22-2)12-5-3-4-6-13(12)17/h3-6,11H,7-10H2,1-2H3. The van der Waals surface area contributed by atoms with Gasteiger partial charge in [0.25, 0.3) is 0 Å². The molecule has 1 amide bonds. The number of para-hydroxylation sites is 1. The normalized spacial score (nSPS) is 16.1. The number of esters is 2. The average molecular weight is 305 g/mol. The van der Waals surface area contributed by atoms with Crippen LogP contribution in [0, 0.1) is 0 Å². The molecule has 0 aromatic heterocycles. The number of methoxy groups -OCH3 is 2. The Morgan fingerprint density at radius 3 is 2.45 bits per heavy atom. The number of hydrogen-bond donors (Lipinski definition) is 0. The van der Waals surface area contributed by atoms with Gasteiger partial charge in [0.15, 0.2) is 0 Å². The number of hydrogen-bond acceptors (Lipinski definition) is 5. The van der Waals surface area contributed by atoms with Crippen LogP contribution in [0.2, 0.25) is 0 Å². The summed E-state index contributed by atoms with van der Waals surface area (Å²) in [6.07, 6.45) is 0.371. The monoisotopic (exact) mass is 305 g/mol. The van der Waals surface area contributed by atoms with Gasteiger partial charge in [-0.15, -0.1) is 0 Å². The minimum atomic E-state index is -0.410. The van der Waals surface area contributed by atoms with E-state index in [0.717, 1.165) is 11.3 Å². The number of ether oxygens (including phenoxy) is 2. The van der Waals surface area contributed by atoms with Crippen molar-refractivity contribution in [3.8, 4) is 0 Å². The molecule has 2 rings (SSSR count). The van der Waals surface area contributed by atoms with E-state index in [1.807, 2.05) is 24.3 Å². The molecular weight excluding hydrogens is 286 g/mol. The number of benzene rings is 1. The van der Waals surface area contributed by atoms with Crippen molar-refractivity contribution in [2.75, 3.05) is 25.7 Å². The van der Waals surface area contributed by atoms with E-state index in [-0.39, 0.29) is 37.1 Å². The second kappa shape index (κ2) is 7.06. The minimum absolute atomic E-state index is 0.0513. The summed E-state index contributed by atoms with van der Waals surface area (Å²) in [6, 6.07) is 7.49. The molecule has 0 N–H and O–H groups in total. The molecule has 1 atom stereocenters. The smallest absolute Gasteiger partial charge is 0.306 e. The Kier molecular flexibility index (Phi) is 5.14. The van der Waals surface area contributed by atoms with Crippen LogP contribution in [-0.2, 0) is 23.9 Å². The van der Waals surface area contributed by atoms with Crippen molar-refractivity contribution >= 4 is 23.5 Å². The van der Waals surface area contributed by atoms with Crippen LogP contribution in [0.15, 0.2) is 24.3 Å². The van der Waals surface area contributed by atoms with E-state index < -0.39 is 5.97 Å². The fourth-order valence-electron chi connectivity index (χ4n) is 2.64. The van der Waals surface area contributed by atoms with Crippen LogP contribution in [-0.4, -0.2) is 38.6 Å². The van der Waals surface area contributed by atoms with E-state index >= 15 is 0 Å². The van der Waals surface area contributed by atoms with Crippen LogP contribution in [0.25, 0.3) is 0 Å². The van der Waals surface area contributed by atoms with Gasteiger partial charge in [-0.3, -0.25) is 14.4 Å². The highest BCUT2D eigenvalue weighted by atomic mass is 16.5. The van der Waals surface area contributed by atoms with Gasteiger partial charge >= 0.3 is 11.9 Å². The van der Waals surface area contributed by atoms with Gasteiger partial charge in [-0.05, 0) is 11.6 Å². The highest BCUT2D eigenvalue weighted by molar-refractivity contribution is 5.97. The van der Waals surface area contributed by atoms with Crippen molar-refractivity contribution in [3.05, 3.63) is 29.8 Å². The van der Waals surface area contributed by atoms with Gasteiger partial charge in [0.1, 0.15) is 0 Å². The van der Waals surface area contributed by atoms with Gasteiger partial charge in [0.2, 0.25) is 5.91 Å². The largest absolute Gasteiger partial charge is 0.469 e. The minimum Gasteiger partial charge on any atom is -0.469 e. The lowest BCUT2D eigenvalue weighted by Crippen LogP contribution is -2.30. The summed E-state index contributed by atoms with van der Waals surface area (Å²) >= 11 is 0. The van der Waals surface area contributed by atoms with Gasteiger partial charge in [-0.1, -0.05) is 18.2 Å². The summed E-state index contributed by atoms with van der Waals surface area (Å²) in [7, 11) is 2.65. The zero-order valence-corrected chi connectivity index (χ0v) is 12.7. The number of anilines is 1. The number of fused-ring (bicyclic) bond motifs is 1. The summed E-state index contributed by atoms with van der Waals surface area (Å²) in [5.74, 6) is -0.938. The molecule has 1 heterocycles. The quantitative estimate of drug-likeness (QED) is 0.773. The molecule has 1 aliphatic rings. The molecule has 1 aromatic carbocycles. The molecule has 0 aliphatic carbocycles. The summed E-state index contributed by atoms with van der Waals surface area (Å²) < 4.78 is 9.26. The maximum Gasteiger partial charge on any atom is 0.306 e. The highest BCUT2D eigenvalue weighted by Crippen LogP contribution is 2.38. The van der Waals surface area contributed by atoms with Gasteiger partial charge in [0, 0.05) is 24.6 Å².